The molecule has 0 radical (unpaired) electrons. The van der Waals surface area contributed by atoms with Crippen LogP contribution in [0.4, 0.5) is 0 Å². The quantitative estimate of drug-likeness (QED) is 0.132. The topological polar surface area (TPSA) is 63.6 Å². The molecule has 0 heterocycles. The molecule has 0 aliphatic carbocycles. The van der Waals surface area contributed by atoms with Gasteiger partial charge in [0.05, 0.1) is 0 Å². The first-order valence-corrected chi connectivity index (χ1v) is 13.0. The minimum absolute atomic E-state index is 0.330. The van der Waals surface area contributed by atoms with Crippen molar-refractivity contribution in [3.8, 4) is 0 Å². The molecule has 0 amide bonds. The molecule has 0 aliphatic heterocycles. The Hall–Kier alpha value is -1.06. The van der Waals surface area contributed by atoms with Crippen LogP contribution in [0.15, 0.2) is 0 Å². The number of rotatable bonds is 23. The van der Waals surface area contributed by atoms with Crippen LogP contribution in [0.1, 0.15) is 149 Å². The van der Waals surface area contributed by atoms with Crippen molar-refractivity contribution in [1.29, 1.82) is 0 Å². The van der Waals surface area contributed by atoms with Gasteiger partial charge in [-0.15, -0.1) is 0 Å². The Kier molecular flexibility index (Phi) is 21.8. The van der Waals surface area contributed by atoms with Crippen LogP contribution in [0.5, 0.6) is 0 Å². The van der Waals surface area contributed by atoms with Crippen molar-refractivity contribution >= 4 is 11.9 Å². The molecular weight excluding hydrogens is 376 g/mol. The molecule has 0 spiro atoms. The second-order valence-corrected chi connectivity index (χ2v) is 8.94. The lowest BCUT2D eigenvalue weighted by Gasteiger charge is -2.08. The average Bonchev–Trinajstić information content (AvgIpc) is 2.72. The molecule has 4 heteroatoms. The van der Waals surface area contributed by atoms with E-state index in [4.69, 9.17) is 9.84 Å². The highest BCUT2D eigenvalue weighted by atomic mass is 16.6. The lowest BCUT2D eigenvalue weighted by molar-refractivity contribution is -0.162. The zero-order valence-corrected chi connectivity index (χ0v) is 20.1. The van der Waals surface area contributed by atoms with Gasteiger partial charge in [-0.05, 0) is 13.3 Å². The summed E-state index contributed by atoms with van der Waals surface area (Å²) in [6.07, 6.45) is 25.9. The van der Waals surface area contributed by atoms with Gasteiger partial charge in [-0.1, -0.05) is 129 Å². The van der Waals surface area contributed by atoms with Gasteiger partial charge in [0.2, 0.25) is 0 Å². The summed E-state index contributed by atoms with van der Waals surface area (Å²) in [7, 11) is 0. The van der Waals surface area contributed by atoms with Crippen LogP contribution in [0.2, 0.25) is 0 Å². The van der Waals surface area contributed by atoms with Crippen molar-refractivity contribution in [3.63, 3.8) is 0 Å². The molecule has 1 atom stereocenters. The van der Waals surface area contributed by atoms with Gasteiger partial charge in [0, 0.05) is 6.42 Å². The highest BCUT2D eigenvalue weighted by molar-refractivity contribution is 5.77. The van der Waals surface area contributed by atoms with Gasteiger partial charge in [-0.25, -0.2) is 4.79 Å². The maximum absolute atomic E-state index is 11.5. The molecule has 30 heavy (non-hydrogen) atoms. The molecule has 0 fully saturated rings. The van der Waals surface area contributed by atoms with E-state index in [9.17, 15) is 9.59 Å². The Morgan fingerprint density at radius 2 is 0.900 bits per heavy atom. The summed E-state index contributed by atoms with van der Waals surface area (Å²) in [4.78, 5) is 22.1. The molecule has 1 unspecified atom stereocenters. The summed E-state index contributed by atoms with van der Waals surface area (Å²) in [5.41, 5.74) is 0. The third-order valence-electron chi connectivity index (χ3n) is 5.89. The van der Waals surface area contributed by atoms with Crippen LogP contribution < -0.4 is 0 Å². The zero-order valence-electron chi connectivity index (χ0n) is 20.1. The van der Waals surface area contributed by atoms with E-state index < -0.39 is 18.0 Å². The van der Waals surface area contributed by atoms with Gasteiger partial charge in [-0.2, -0.15) is 0 Å². The van der Waals surface area contributed by atoms with E-state index >= 15 is 0 Å². The minimum Gasteiger partial charge on any atom is -0.479 e. The number of carboxylic acids is 1. The van der Waals surface area contributed by atoms with E-state index in [0.717, 1.165) is 19.3 Å². The summed E-state index contributed by atoms with van der Waals surface area (Å²) < 4.78 is 4.81. The highest BCUT2D eigenvalue weighted by Crippen LogP contribution is 2.15. The Morgan fingerprint density at radius 1 is 0.600 bits per heavy atom. The molecule has 0 aromatic carbocycles. The summed E-state index contributed by atoms with van der Waals surface area (Å²) in [6, 6.07) is 0. The molecule has 0 saturated heterocycles. The second kappa shape index (κ2) is 22.6. The number of hydrogen-bond acceptors (Lipinski definition) is 3. The normalized spacial score (nSPS) is 12.1. The Morgan fingerprint density at radius 3 is 1.20 bits per heavy atom. The molecule has 0 rings (SSSR count). The number of aliphatic carboxylic acids is 1. The zero-order chi connectivity index (χ0) is 22.3. The SMILES string of the molecule is CCCCCCCCCCCCCCCCCCCCCCC(=O)OC(C)C(=O)O. The fourth-order valence-electron chi connectivity index (χ4n) is 3.83. The van der Waals surface area contributed by atoms with Crippen molar-refractivity contribution in [2.45, 2.75) is 155 Å². The Labute approximate surface area is 186 Å². The first-order chi connectivity index (χ1) is 14.6. The van der Waals surface area contributed by atoms with E-state index in [2.05, 4.69) is 6.92 Å². The van der Waals surface area contributed by atoms with Gasteiger partial charge in [0.15, 0.2) is 6.10 Å². The maximum Gasteiger partial charge on any atom is 0.344 e. The number of carbonyl (C=O) groups excluding carboxylic acids is 1. The van der Waals surface area contributed by atoms with E-state index in [-0.39, 0.29) is 0 Å². The predicted octanol–water partition coefficient (Wildman–Crippen LogP) is 8.21. The lowest BCUT2D eigenvalue weighted by atomic mass is 10.0. The number of hydrogen-bond donors (Lipinski definition) is 1. The molecule has 0 aromatic heterocycles. The second-order valence-electron chi connectivity index (χ2n) is 8.94. The third kappa shape index (κ3) is 21.6. The van der Waals surface area contributed by atoms with E-state index in [1.165, 1.54) is 116 Å². The molecule has 0 aliphatic rings. The summed E-state index contributed by atoms with van der Waals surface area (Å²) in [5.74, 6) is -1.49. The van der Waals surface area contributed by atoms with Crippen molar-refractivity contribution in [2.24, 2.45) is 0 Å². The highest BCUT2D eigenvalue weighted by Gasteiger charge is 2.15. The number of unbranched alkanes of at least 4 members (excludes halogenated alkanes) is 19. The van der Waals surface area contributed by atoms with Crippen LogP contribution >= 0.6 is 0 Å². The Balaban J connectivity index is 3.14. The fraction of sp³-hybridized carbons (Fsp3) is 0.923. The largest absolute Gasteiger partial charge is 0.479 e. The first-order valence-electron chi connectivity index (χ1n) is 13.0. The summed E-state index contributed by atoms with van der Waals surface area (Å²) in [6.45, 7) is 3.67. The minimum atomic E-state index is -1.09. The van der Waals surface area contributed by atoms with Gasteiger partial charge >= 0.3 is 11.9 Å². The fourth-order valence-corrected chi connectivity index (χ4v) is 3.83. The monoisotopic (exact) mass is 426 g/mol. The van der Waals surface area contributed by atoms with Gasteiger partial charge in [0.25, 0.3) is 0 Å². The number of carboxylic acid groups (broad SMARTS) is 1. The van der Waals surface area contributed by atoms with Crippen LogP contribution in [-0.2, 0) is 14.3 Å². The van der Waals surface area contributed by atoms with Crippen LogP contribution in [0.3, 0.4) is 0 Å². The van der Waals surface area contributed by atoms with Gasteiger partial charge < -0.3 is 9.84 Å². The van der Waals surface area contributed by atoms with Crippen LogP contribution in [0, 0.1) is 0 Å². The van der Waals surface area contributed by atoms with Gasteiger partial charge in [0.1, 0.15) is 0 Å². The van der Waals surface area contributed by atoms with Gasteiger partial charge in [-0.3, -0.25) is 4.79 Å². The number of carbonyl (C=O) groups is 2. The smallest absolute Gasteiger partial charge is 0.344 e. The summed E-state index contributed by atoms with van der Waals surface area (Å²) >= 11 is 0. The van der Waals surface area contributed by atoms with Crippen LogP contribution in [-0.4, -0.2) is 23.1 Å². The standard InChI is InChI=1S/C26H50O4/c1-3-4-5-6-7-8-9-10-11-12-13-14-15-16-17-18-19-20-21-22-23-25(27)30-24(2)26(28)29/h24H,3-23H2,1-2H3,(H,28,29). The third-order valence-corrected chi connectivity index (χ3v) is 5.89. The predicted molar refractivity (Wildman–Crippen MR) is 126 cm³/mol. The molecular formula is C26H50O4. The molecule has 4 nitrogen and oxygen atoms in total. The van der Waals surface area contributed by atoms with Crippen LogP contribution in [0.25, 0.3) is 0 Å². The molecule has 0 saturated carbocycles. The van der Waals surface area contributed by atoms with E-state index in [1.807, 2.05) is 0 Å². The molecule has 0 aromatic rings. The average molecular weight is 427 g/mol. The van der Waals surface area contributed by atoms with Crippen molar-refractivity contribution < 1.29 is 19.4 Å². The molecule has 178 valence electrons. The number of ether oxygens (including phenoxy) is 1. The number of esters is 1. The maximum atomic E-state index is 11.5. The van der Waals surface area contributed by atoms with Crippen molar-refractivity contribution in [1.82, 2.24) is 0 Å². The van der Waals surface area contributed by atoms with E-state index in [0.29, 0.717) is 6.42 Å². The molecule has 0 bridgehead atoms. The first kappa shape index (κ1) is 28.9. The Bertz CT molecular complexity index is 394. The van der Waals surface area contributed by atoms with E-state index in [1.54, 1.807) is 0 Å². The van der Waals surface area contributed by atoms with Crippen molar-refractivity contribution in [3.05, 3.63) is 0 Å². The van der Waals surface area contributed by atoms with Crippen molar-refractivity contribution in [2.75, 3.05) is 0 Å². The molecule has 1 N–H and O–H groups in total. The lowest BCUT2D eigenvalue weighted by Crippen LogP contribution is -2.23. The summed E-state index contributed by atoms with van der Waals surface area (Å²) in [5, 5.41) is 8.69.